The summed E-state index contributed by atoms with van der Waals surface area (Å²) in [5.74, 6) is 0. The van der Waals surface area contributed by atoms with Crippen LogP contribution in [0.4, 0.5) is 4.79 Å². The number of piperidine rings is 1. The predicted octanol–water partition coefficient (Wildman–Crippen LogP) is 1.33. The number of hydrogen-bond donors (Lipinski definition) is 1. The summed E-state index contributed by atoms with van der Waals surface area (Å²) >= 11 is 0. The van der Waals surface area contributed by atoms with Crippen LogP contribution < -0.4 is 5.73 Å². The van der Waals surface area contributed by atoms with Gasteiger partial charge >= 0.3 is 6.03 Å². The van der Waals surface area contributed by atoms with Crippen LogP contribution in [0.3, 0.4) is 0 Å². The Hall–Kier alpha value is -0.730. The van der Waals surface area contributed by atoms with Crippen molar-refractivity contribution < 1.29 is 4.79 Å². The molecule has 0 saturated carbocycles. The zero-order valence-electron chi connectivity index (χ0n) is 7.21. The normalized spacial score (nSPS) is 32.0. The Balaban J connectivity index is 2.62. The summed E-state index contributed by atoms with van der Waals surface area (Å²) in [6.45, 7) is 4.11. The molecule has 0 unspecified atom stereocenters. The van der Waals surface area contributed by atoms with Gasteiger partial charge in [0.2, 0.25) is 0 Å². The van der Waals surface area contributed by atoms with Gasteiger partial charge in [0, 0.05) is 12.1 Å². The highest BCUT2D eigenvalue weighted by molar-refractivity contribution is 5.72. The maximum absolute atomic E-state index is 10.9. The summed E-state index contributed by atoms with van der Waals surface area (Å²) in [7, 11) is 0. The maximum Gasteiger partial charge on any atom is 0.315 e. The average Bonchev–Trinajstić information content (AvgIpc) is 1.85. The van der Waals surface area contributed by atoms with Crippen LogP contribution in [0, 0.1) is 0 Å². The van der Waals surface area contributed by atoms with Gasteiger partial charge in [-0.25, -0.2) is 4.79 Å². The van der Waals surface area contributed by atoms with Crippen molar-refractivity contribution in [3.8, 4) is 0 Å². The fraction of sp³-hybridized carbons (Fsp3) is 0.875. The molecule has 1 saturated heterocycles. The standard InChI is InChI=1S/C8H16N2O/c1-6-4-3-5-7(2)10(6)8(9)11/h6-7H,3-5H2,1-2H3,(H2,9,11)/t6-,7+. The summed E-state index contributed by atoms with van der Waals surface area (Å²) in [5, 5.41) is 0. The number of primary amides is 1. The van der Waals surface area contributed by atoms with E-state index in [0.717, 1.165) is 12.8 Å². The molecule has 1 heterocycles. The van der Waals surface area contributed by atoms with Crippen molar-refractivity contribution in [1.82, 2.24) is 4.90 Å². The van der Waals surface area contributed by atoms with Crippen LogP contribution in [0.15, 0.2) is 0 Å². The number of rotatable bonds is 0. The van der Waals surface area contributed by atoms with Crippen molar-refractivity contribution in [3.63, 3.8) is 0 Å². The van der Waals surface area contributed by atoms with Gasteiger partial charge in [0.15, 0.2) is 0 Å². The van der Waals surface area contributed by atoms with Gasteiger partial charge in [-0.05, 0) is 33.1 Å². The molecule has 2 atom stereocenters. The number of nitrogens with zero attached hydrogens (tertiary/aromatic N) is 1. The van der Waals surface area contributed by atoms with E-state index in [-0.39, 0.29) is 6.03 Å². The number of likely N-dealkylation sites (tertiary alicyclic amines) is 1. The van der Waals surface area contributed by atoms with E-state index < -0.39 is 0 Å². The Morgan fingerprint density at radius 3 is 2.09 bits per heavy atom. The molecule has 0 radical (unpaired) electrons. The Kier molecular flexibility index (Phi) is 2.37. The lowest BCUT2D eigenvalue weighted by Crippen LogP contribution is -2.49. The molecule has 1 aliphatic heterocycles. The van der Waals surface area contributed by atoms with E-state index in [0.29, 0.717) is 12.1 Å². The van der Waals surface area contributed by atoms with Crippen LogP contribution in [0.2, 0.25) is 0 Å². The molecule has 64 valence electrons. The molecule has 1 rings (SSSR count). The topological polar surface area (TPSA) is 46.3 Å². The number of amides is 2. The molecule has 1 fully saturated rings. The third kappa shape index (κ3) is 1.64. The zero-order chi connectivity index (χ0) is 8.43. The molecule has 2 N–H and O–H groups in total. The van der Waals surface area contributed by atoms with Gasteiger partial charge in [0.1, 0.15) is 0 Å². The van der Waals surface area contributed by atoms with E-state index >= 15 is 0 Å². The lowest BCUT2D eigenvalue weighted by Gasteiger charge is -2.37. The van der Waals surface area contributed by atoms with Crippen LogP contribution in [-0.2, 0) is 0 Å². The Morgan fingerprint density at radius 2 is 1.82 bits per heavy atom. The van der Waals surface area contributed by atoms with E-state index in [2.05, 4.69) is 13.8 Å². The Labute approximate surface area is 67.5 Å². The van der Waals surface area contributed by atoms with Gasteiger partial charge in [0.25, 0.3) is 0 Å². The minimum atomic E-state index is -0.273. The molecule has 2 amide bonds. The van der Waals surface area contributed by atoms with Crippen LogP contribution in [0.25, 0.3) is 0 Å². The highest BCUT2D eigenvalue weighted by Crippen LogP contribution is 2.21. The third-order valence-electron chi connectivity index (χ3n) is 2.45. The molecule has 3 heteroatoms. The Bertz CT molecular complexity index is 148. The van der Waals surface area contributed by atoms with E-state index in [1.807, 2.05) is 0 Å². The highest BCUT2D eigenvalue weighted by atomic mass is 16.2. The molecule has 0 aliphatic carbocycles. The van der Waals surface area contributed by atoms with Crippen LogP contribution in [-0.4, -0.2) is 23.0 Å². The maximum atomic E-state index is 10.9. The number of urea groups is 1. The minimum Gasteiger partial charge on any atom is -0.351 e. The largest absolute Gasteiger partial charge is 0.351 e. The number of nitrogens with two attached hydrogens (primary N) is 1. The summed E-state index contributed by atoms with van der Waals surface area (Å²) in [6, 6.07) is 0.386. The van der Waals surface area contributed by atoms with Gasteiger partial charge in [-0.3, -0.25) is 0 Å². The first-order valence-corrected chi connectivity index (χ1v) is 4.20. The molecule has 0 spiro atoms. The zero-order valence-corrected chi connectivity index (χ0v) is 7.21. The third-order valence-corrected chi connectivity index (χ3v) is 2.45. The average molecular weight is 156 g/mol. The van der Waals surface area contributed by atoms with Crippen molar-refractivity contribution in [3.05, 3.63) is 0 Å². The quantitative estimate of drug-likeness (QED) is 0.565. The molecule has 0 bridgehead atoms. The van der Waals surface area contributed by atoms with Crippen LogP contribution in [0.1, 0.15) is 33.1 Å². The molecule has 1 aliphatic rings. The van der Waals surface area contributed by atoms with E-state index in [9.17, 15) is 4.79 Å². The van der Waals surface area contributed by atoms with Crippen molar-refractivity contribution >= 4 is 6.03 Å². The second kappa shape index (κ2) is 3.11. The van der Waals surface area contributed by atoms with E-state index in [4.69, 9.17) is 5.73 Å². The lowest BCUT2D eigenvalue weighted by molar-refractivity contribution is 0.130. The van der Waals surface area contributed by atoms with Crippen molar-refractivity contribution in [1.29, 1.82) is 0 Å². The summed E-state index contributed by atoms with van der Waals surface area (Å²) in [6.07, 6.45) is 3.40. The first kappa shape index (κ1) is 8.37. The van der Waals surface area contributed by atoms with Gasteiger partial charge in [-0.2, -0.15) is 0 Å². The van der Waals surface area contributed by atoms with Gasteiger partial charge in [-0.1, -0.05) is 0 Å². The first-order valence-electron chi connectivity index (χ1n) is 4.20. The van der Waals surface area contributed by atoms with Crippen molar-refractivity contribution in [2.24, 2.45) is 5.73 Å². The smallest absolute Gasteiger partial charge is 0.315 e. The van der Waals surface area contributed by atoms with E-state index in [1.165, 1.54) is 6.42 Å². The highest BCUT2D eigenvalue weighted by Gasteiger charge is 2.26. The van der Waals surface area contributed by atoms with Gasteiger partial charge in [-0.15, -0.1) is 0 Å². The molecule has 0 aromatic carbocycles. The molecular formula is C8H16N2O. The summed E-state index contributed by atoms with van der Waals surface area (Å²) in [4.78, 5) is 12.7. The predicted molar refractivity (Wildman–Crippen MR) is 44.2 cm³/mol. The Morgan fingerprint density at radius 1 is 1.36 bits per heavy atom. The molecule has 0 aromatic heterocycles. The lowest BCUT2D eigenvalue weighted by atomic mass is 9.98. The summed E-state index contributed by atoms with van der Waals surface area (Å²) < 4.78 is 0. The second-order valence-electron chi connectivity index (χ2n) is 3.37. The number of hydrogen-bond acceptors (Lipinski definition) is 1. The van der Waals surface area contributed by atoms with Gasteiger partial charge < -0.3 is 10.6 Å². The fourth-order valence-electron chi connectivity index (χ4n) is 1.86. The van der Waals surface area contributed by atoms with Crippen molar-refractivity contribution in [2.75, 3.05) is 0 Å². The van der Waals surface area contributed by atoms with Crippen LogP contribution in [0.5, 0.6) is 0 Å². The molecule has 11 heavy (non-hydrogen) atoms. The second-order valence-corrected chi connectivity index (χ2v) is 3.37. The molecule has 3 nitrogen and oxygen atoms in total. The van der Waals surface area contributed by atoms with Crippen molar-refractivity contribution in [2.45, 2.75) is 45.2 Å². The summed E-state index contributed by atoms with van der Waals surface area (Å²) in [5.41, 5.74) is 5.24. The van der Waals surface area contributed by atoms with Gasteiger partial charge in [0.05, 0.1) is 0 Å². The monoisotopic (exact) mass is 156 g/mol. The SMILES string of the molecule is C[C@@H]1CCC[C@H](C)N1C(N)=O. The van der Waals surface area contributed by atoms with Crippen LogP contribution >= 0.6 is 0 Å². The minimum absolute atomic E-state index is 0.273. The fourth-order valence-corrected chi connectivity index (χ4v) is 1.86. The first-order chi connectivity index (χ1) is 5.13. The molecule has 0 aromatic rings. The molecular weight excluding hydrogens is 140 g/mol. The van der Waals surface area contributed by atoms with E-state index in [1.54, 1.807) is 4.90 Å². The number of carbonyl (C=O) groups is 1. The number of carbonyl (C=O) groups excluding carboxylic acids is 1.